The van der Waals surface area contributed by atoms with Gasteiger partial charge in [0.1, 0.15) is 0 Å². The molecule has 1 aliphatic heterocycles. The molecule has 1 saturated heterocycles. The van der Waals surface area contributed by atoms with E-state index in [4.69, 9.17) is 4.74 Å². The Labute approximate surface area is 136 Å². The second-order valence-corrected chi connectivity index (χ2v) is 5.68. The molecule has 0 bridgehead atoms. The van der Waals surface area contributed by atoms with Gasteiger partial charge in [0.05, 0.1) is 19.6 Å². The van der Waals surface area contributed by atoms with Crippen molar-refractivity contribution >= 4 is 17.3 Å². The highest BCUT2D eigenvalue weighted by Crippen LogP contribution is 2.17. The van der Waals surface area contributed by atoms with Gasteiger partial charge in [0.25, 0.3) is 0 Å². The van der Waals surface area contributed by atoms with E-state index in [1.54, 1.807) is 12.3 Å². The Kier molecular flexibility index (Phi) is 4.88. The third-order valence-electron chi connectivity index (χ3n) is 3.86. The van der Waals surface area contributed by atoms with Gasteiger partial charge in [-0.3, -0.25) is 9.78 Å². The number of nitrogens with zero attached hydrogens (tertiary/aromatic N) is 2. The van der Waals surface area contributed by atoms with E-state index in [1.807, 2.05) is 25.1 Å². The Balaban J connectivity index is 1.58. The topological polar surface area (TPSA) is 54.5 Å². The Bertz CT molecular complexity index is 664. The van der Waals surface area contributed by atoms with Crippen LogP contribution < -0.4 is 10.2 Å². The first kappa shape index (κ1) is 15.5. The maximum atomic E-state index is 12.1. The normalized spacial score (nSPS) is 14.6. The second kappa shape index (κ2) is 7.24. The van der Waals surface area contributed by atoms with E-state index >= 15 is 0 Å². The van der Waals surface area contributed by atoms with Crippen molar-refractivity contribution in [3.05, 3.63) is 53.9 Å². The summed E-state index contributed by atoms with van der Waals surface area (Å²) in [5.41, 5.74) is 3.86. The molecule has 120 valence electrons. The van der Waals surface area contributed by atoms with E-state index < -0.39 is 0 Å². The van der Waals surface area contributed by atoms with Gasteiger partial charge in [0.2, 0.25) is 5.91 Å². The van der Waals surface area contributed by atoms with Crippen LogP contribution in [-0.2, 0) is 16.0 Å². The molecule has 0 aliphatic carbocycles. The monoisotopic (exact) mass is 311 g/mol. The van der Waals surface area contributed by atoms with Crippen molar-refractivity contribution < 1.29 is 9.53 Å². The zero-order chi connectivity index (χ0) is 16.1. The molecule has 0 atom stereocenters. The maximum absolute atomic E-state index is 12.1. The highest BCUT2D eigenvalue weighted by atomic mass is 16.5. The van der Waals surface area contributed by atoms with Crippen molar-refractivity contribution in [1.29, 1.82) is 0 Å². The minimum absolute atomic E-state index is 0.0188. The fourth-order valence-electron chi connectivity index (χ4n) is 2.66. The molecule has 1 N–H and O–H groups in total. The molecule has 0 spiro atoms. The van der Waals surface area contributed by atoms with Crippen LogP contribution in [0.5, 0.6) is 0 Å². The average molecular weight is 311 g/mol. The number of benzene rings is 1. The lowest BCUT2D eigenvalue weighted by molar-refractivity contribution is -0.115. The molecular formula is C18H21N3O2. The number of pyridine rings is 1. The van der Waals surface area contributed by atoms with E-state index in [0.717, 1.165) is 43.2 Å². The molecule has 1 aliphatic rings. The molecule has 0 radical (unpaired) electrons. The summed E-state index contributed by atoms with van der Waals surface area (Å²) < 4.78 is 5.36. The van der Waals surface area contributed by atoms with Gasteiger partial charge in [-0.1, -0.05) is 12.1 Å². The molecule has 1 aromatic heterocycles. The van der Waals surface area contributed by atoms with Crippen LogP contribution in [0.2, 0.25) is 0 Å². The maximum Gasteiger partial charge on any atom is 0.228 e. The predicted octanol–water partition coefficient (Wildman–Crippen LogP) is 2.41. The van der Waals surface area contributed by atoms with Crippen LogP contribution >= 0.6 is 0 Å². The highest BCUT2D eigenvalue weighted by Gasteiger charge is 2.11. The quantitative estimate of drug-likeness (QED) is 0.942. The zero-order valence-corrected chi connectivity index (χ0v) is 13.3. The van der Waals surface area contributed by atoms with E-state index in [1.165, 1.54) is 5.69 Å². The van der Waals surface area contributed by atoms with Crippen LogP contribution in [0.15, 0.2) is 42.6 Å². The predicted molar refractivity (Wildman–Crippen MR) is 90.8 cm³/mol. The highest BCUT2D eigenvalue weighted by molar-refractivity contribution is 5.92. The van der Waals surface area contributed by atoms with Gasteiger partial charge in [0.15, 0.2) is 0 Å². The Morgan fingerprint density at radius 3 is 2.65 bits per heavy atom. The van der Waals surface area contributed by atoms with Crippen LogP contribution in [0.4, 0.5) is 11.4 Å². The van der Waals surface area contributed by atoms with Gasteiger partial charge in [-0.2, -0.15) is 0 Å². The van der Waals surface area contributed by atoms with Crippen LogP contribution in [0.1, 0.15) is 11.3 Å². The third kappa shape index (κ3) is 4.29. The summed E-state index contributed by atoms with van der Waals surface area (Å²) in [6.07, 6.45) is 2.06. The van der Waals surface area contributed by atoms with Crippen LogP contribution in [0.3, 0.4) is 0 Å². The number of aromatic nitrogens is 1. The van der Waals surface area contributed by atoms with Crippen LogP contribution in [0, 0.1) is 6.92 Å². The largest absolute Gasteiger partial charge is 0.378 e. The number of morpholine rings is 1. The van der Waals surface area contributed by atoms with Gasteiger partial charge in [0, 0.05) is 36.4 Å². The first-order valence-corrected chi connectivity index (χ1v) is 7.85. The standard InChI is InChI=1S/C18H21N3O2/c1-14-12-16(6-7-19-14)20-18(22)13-15-2-4-17(5-3-15)21-8-10-23-11-9-21/h2-7,12H,8-11,13H2,1H3,(H,19,20,22). The van der Waals surface area contributed by atoms with Crippen LogP contribution in [0.25, 0.3) is 0 Å². The Morgan fingerprint density at radius 1 is 1.22 bits per heavy atom. The summed E-state index contributed by atoms with van der Waals surface area (Å²) in [4.78, 5) is 18.5. The molecule has 5 nitrogen and oxygen atoms in total. The lowest BCUT2D eigenvalue weighted by atomic mass is 10.1. The number of hydrogen-bond donors (Lipinski definition) is 1. The molecule has 2 heterocycles. The fraction of sp³-hybridized carbons (Fsp3) is 0.333. The number of anilines is 2. The number of ether oxygens (including phenoxy) is 1. The number of nitrogens with one attached hydrogen (secondary N) is 1. The molecule has 23 heavy (non-hydrogen) atoms. The van der Waals surface area contributed by atoms with E-state index in [-0.39, 0.29) is 5.91 Å². The van der Waals surface area contributed by atoms with Gasteiger partial charge >= 0.3 is 0 Å². The second-order valence-electron chi connectivity index (χ2n) is 5.68. The molecule has 1 amide bonds. The van der Waals surface area contributed by atoms with Crippen molar-refractivity contribution in [2.24, 2.45) is 0 Å². The summed E-state index contributed by atoms with van der Waals surface area (Å²) in [6.45, 7) is 5.29. The van der Waals surface area contributed by atoms with Crippen molar-refractivity contribution in [1.82, 2.24) is 4.98 Å². The van der Waals surface area contributed by atoms with Gasteiger partial charge in [-0.15, -0.1) is 0 Å². The summed E-state index contributed by atoms with van der Waals surface area (Å²) in [5, 5.41) is 2.90. The summed E-state index contributed by atoms with van der Waals surface area (Å²) in [7, 11) is 0. The van der Waals surface area contributed by atoms with Crippen molar-refractivity contribution in [3.8, 4) is 0 Å². The lowest BCUT2D eigenvalue weighted by Gasteiger charge is -2.28. The summed E-state index contributed by atoms with van der Waals surface area (Å²) >= 11 is 0. The first-order valence-electron chi connectivity index (χ1n) is 7.85. The Morgan fingerprint density at radius 2 is 1.96 bits per heavy atom. The van der Waals surface area contributed by atoms with E-state index in [0.29, 0.717) is 6.42 Å². The lowest BCUT2D eigenvalue weighted by Crippen LogP contribution is -2.36. The Hall–Kier alpha value is -2.40. The molecular weight excluding hydrogens is 290 g/mol. The SMILES string of the molecule is Cc1cc(NC(=O)Cc2ccc(N3CCOCC3)cc2)ccn1. The summed E-state index contributed by atoms with van der Waals surface area (Å²) in [5.74, 6) is -0.0188. The fourth-order valence-corrected chi connectivity index (χ4v) is 2.66. The average Bonchev–Trinajstić information content (AvgIpc) is 2.56. The number of carbonyl (C=O) groups excluding carboxylic acids is 1. The molecule has 3 rings (SSSR count). The zero-order valence-electron chi connectivity index (χ0n) is 13.3. The smallest absolute Gasteiger partial charge is 0.228 e. The minimum atomic E-state index is -0.0188. The van der Waals surface area contributed by atoms with Gasteiger partial charge in [-0.25, -0.2) is 0 Å². The molecule has 1 aromatic carbocycles. The number of rotatable bonds is 4. The number of amides is 1. The molecule has 0 saturated carbocycles. The van der Waals surface area contributed by atoms with E-state index in [2.05, 4.69) is 27.3 Å². The van der Waals surface area contributed by atoms with Crippen molar-refractivity contribution in [2.45, 2.75) is 13.3 Å². The van der Waals surface area contributed by atoms with Crippen molar-refractivity contribution in [3.63, 3.8) is 0 Å². The first-order chi connectivity index (χ1) is 11.2. The van der Waals surface area contributed by atoms with E-state index in [9.17, 15) is 4.79 Å². The third-order valence-corrected chi connectivity index (χ3v) is 3.86. The van der Waals surface area contributed by atoms with Crippen LogP contribution in [-0.4, -0.2) is 37.2 Å². The molecule has 2 aromatic rings. The van der Waals surface area contributed by atoms with Gasteiger partial charge in [-0.05, 0) is 36.8 Å². The molecule has 0 unspecified atom stereocenters. The number of carbonyl (C=O) groups is 1. The summed E-state index contributed by atoms with van der Waals surface area (Å²) in [6, 6.07) is 11.8. The van der Waals surface area contributed by atoms with Crippen molar-refractivity contribution in [2.75, 3.05) is 36.5 Å². The minimum Gasteiger partial charge on any atom is -0.378 e. The number of aryl methyl sites for hydroxylation is 1. The number of hydrogen-bond acceptors (Lipinski definition) is 4. The molecule has 5 heteroatoms. The van der Waals surface area contributed by atoms with Gasteiger partial charge < -0.3 is 15.0 Å². The molecule has 1 fully saturated rings.